The van der Waals surface area contributed by atoms with Gasteiger partial charge < -0.3 is 5.11 Å². The largest absolute Gasteiger partial charge is 0.480 e. The first kappa shape index (κ1) is 16.9. The van der Waals surface area contributed by atoms with Gasteiger partial charge in [0.1, 0.15) is 17.3 Å². The first-order valence-corrected chi connectivity index (χ1v) is 7.70. The molecule has 0 aliphatic rings. The Labute approximate surface area is 122 Å². The van der Waals surface area contributed by atoms with E-state index in [0.29, 0.717) is 6.42 Å². The van der Waals surface area contributed by atoms with E-state index in [1.165, 1.54) is 6.07 Å². The van der Waals surface area contributed by atoms with Gasteiger partial charge in [-0.05, 0) is 31.5 Å². The van der Waals surface area contributed by atoms with Crippen LogP contribution in [0.5, 0.6) is 0 Å². The van der Waals surface area contributed by atoms with Crippen molar-refractivity contribution in [2.24, 2.45) is 0 Å². The van der Waals surface area contributed by atoms with Crippen molar-refractivity contribution in [3.63, 3.8) is 0 Å². The van der Waals surface area contributed by atoms with E-state index in [1.54, 1.807) is 13.8 Å². The predicted molar refractivity (Wildman–Crippen MR) is 72.7 cm³/mol. The topological polar surface area (TPSA) is 74.7 Å². The summed E-state index contributed by atoms with van der Waals surface area (Å²) in [6.07, 6.45) is 0.404. The molecular formula is C12H15ClFNO4S. The van der Waals surface area contributed by atoms with E-state index in [1.807, 2.05) is 0 Å². The van der Waals surface area contributed by atoms with Crippen LogP contribution in [-0.2, 0) is 14.8 Å². The highest BCUT2D eigenvalue weighted by Crippen LogP contribution is 2.24. The fourth-order valence-electron chi connectivity index (χ4n) is 1.63. The van der Waals surface area contributed by atoms with E-state index in [0.717, 1.165) is 16.4 Å². The lowest BCUT2D eigenvalue weighted by molar-refractivity contribution is -0.137. The molecule has 112 valence electrons. The molecule has 0 fully saturated rings. The van der Waals surface area contributed by atoms with Gasteiger partial charge in [-0.2, -0.15) is 4.31 Å². The molecule has 1 N–H and O–H groups in total. The molecule has 0 aliphatic heterocycles. The highest BCUT2D eigenvalue weighted by atomic mass is 35.5. The van der Waals surface area contributed by atoms with Crippen LogP contribution in [0.4, 0.5) is 4.39 Å². The average molecular weight is 324 g/mol. The molecule has 0 amide bonds. The van der Waals surface area contributed by atoms with Crippen molar-refractivity contribution in [1.29, 1.82) is 0 Å². The van der Waals surface area contributed by atoms with Gasteiger partial charge in [0.2, 0.25) is 10.0 Å². The summed E-state index contributed by atoms with van der Waals surface area (Å²) in [5.41, 5.74) is 0. The minimum absolute atomic E-state index is 0.0646. The van der Waals surface area contributed by atoms with Gasteiger partial charge in [0.15, 0.2) is 0 Å². The maximum absolute atomic E-state index is 13.8. The lowest BCUT2D eigenvalue weighted by atomic mass is 10.2. The van der Waals surface area contributed by atoms with Crippen LogP contribution >= 0.6 is 11.6 Å². The Morgan fingerprint density at radius 3 is 2.55 bits per heavy atom. The number of rotatable bonds is 6. The number of benzene rings is 1. The Morgan fingerprint density at radius 2 is 2.10 bits per heavy atom. The highest BCUT2D eigenvalue weighted by molar-refractivity contribution is 7.89. The molecule has 0 spiro atoms. The molecule has 1 aromatic rings. The predicted octanol–water partition coefficient (Wildman–Crippen LogP) is 2.35. The van der Waals surface area contributed by atoms with E-state index in [9.17, 15) is 17.6 Å². The monoisotopic (exact) mass is 323 g/mol. The molecular weight excluding hydrogens is 309 g/mol. The molecule has 0 heterocycles. The van der Waals surface area contributed by atoms with Crippen LogP contribution in [0, 0.1) is 5.82 Å². The summed E-state index contributed by atoms with van der Waals surface area (Å²) in [5.74, 6) is -2.31. The van der Waals surface area contributed by atoms with Crippen LogP contribution in [-0.4, -0.2) is 36.4 Å². The highest BCUT2D eigenvalue weighted by Gasteiger charge is 2.32. The molecule has 0 saturated carbocycles. The number of carboxylic acid groups (broad SMARTS) is 1. The molecule has 1 unspecified atom stereocenters. The van der Waals surface area contributed by atoms with E-state index in [4.69, 9.17) is 16.7 Å². The van der Waals surface area contributed by atoms with Gasteiger partial charge in [-0.1, -0.05) is 18.5 Å². The molecule has 20 heavy (non-hydrogen) atoms. The summed E-state index contributed by atoms with van der Waals surface area (Å²) >= 11 is 5.58. The number of carboxylic acids is 1. The molecule has 0 aliphatic carbocycles. The summed E-state index contributed by atoms with van der Waals surface area (Å²) < 4.78 is 39.3. The lowest BCUT2D eigenvalue weighted by Crippen LogP contribution is -2.42. The van der Waals surface area contributed by atoms with Crippen LogP contribution in [0.1, 0.15) is 20.3 Å². The zero-order chi connectivity index (χ0) is 15.5. The van der Waals surface area contributed by atoms with E-state index in [-0.39, 0.29) is 5.02 Å². The van der Waals surface area contributed by atoms with Crippen molar-refractivity contribution in [3.8, 4) is 0 Å². The lowest BCUT2D eigenvalue weighted by Gasteiger charge is -2.26. The Bertz CT molecular complexity index is 605. The van der Waals surface area contributed by atoms with Gasteiger partial charge in [0.05, 0.1) is 0 Å². The van der Waals surface area contributed by atoms with Gasteiger partial charge in [0, 0.05) is 11.1 Å². The second kappa shape index (κ2) is 6.51. The Kier molecular flexibility index (Phi) is 5.50. The Hall–Kier alpha value is -1.18. The third-order valence-corrected chi connectivity index (χ3v) is 5.08. The third kappa shape index (κ3) is 3.68. The summed E-state index contributed by atoms with van der Waals surface area (Å²) in [7, 11) is -4.24. The molecule has 0 aromatic heterocycles. The standard InChI is InChI=1S/C12H15ClFNO4S/c1-3-8(2)15(7-12(16)17)20(18,19)11-5-4-9(13)6-10(11)14/h4-6,8H,3,7H2,1-2H3,(H,16,17). The quantitative estimate of drug-likeness (QED) is 0.872. The minimum Gasteiger partial charge on any atom is -0.480 e. The summed E-state index contributed by atoms with van der Waals surface area (Å²) in [6.45, 7) is 2.56. The van der Waals surface area contributed by atoms with Gasteiger partial charge in [0.25, 0.3) is 0 Å². The van der Waals surface area contributed by atoms with Gasteiger partial charge >= 0.3 is 5.97 Å². The van der Waals surface area contributed by atoms with Crippen LogP contribution in [0.15, 0.2) is 23.1 Å². The van der Waals surface area contributed by atoms with E-state index in [2.05, 4.69) is 0 Å². The molecule has 5 nitrogen and oxygen atoms in total. The van der Waals surface area contributed by atoms with Crippen molar-refractivity contribution in [1.82, 2.24) is 4.31 Å². The van der Waals surface area contributed by atoms with Gasteiger partial charge in [-0.3, -0.25) is 4.79 Å². The molecule has 8 heteroatoms. The molecule has 1 rings (SSSR count). The van der Waals surface area contributed by atoms with Crippen molar-refractivity contribution in [3.05, 3.63) is 29.0 Å². The van der Waals surface area contributed by atoms with Crippen LogP contribution in [0.25, 0.3) is 0 Å². The van der Waals surface area contributed by atoms with Crippen LogP contribution < -0.4 is 0 Å². The fourth-order valence-corrected chi connectivity index (χ4v) is 3.49. The molecule has 1 atom stereocenters. The van der Waals surface area contributed by atoms with Crippen molar-refractivity contribution in [2.75, 3.05) is 6.54 Å². The summed E-state index contributed by atoms with van der Waals surface area (Å²) in [5, 5.41) is 8.90. The summed E-state index contributed by atoms with van der Waals surface area (Å²) in [4.78, 5) is 10.2. The number of hydrogen-bond donors (Lipinski definition) is 1. The number of nitrogens with zero attached hydrogens (tertiary/aromatic N) is 1. The third-order valence-electron chi connectivity index (χ3n) is 2.85. The zero-order valence-electron chi connectivity index (χ0n) is 11.0. The first-order chi connectivity index (χ1) is 9.20. The van der Waals surface area contributed by atoms with Crippen LogP contribution in [0.2, 0.25) is 5.02 Å². The normalized spacial score (nSPS) is 13.4. The van der Waals surface area contributed by atoms with E-state index >= 15 is 0 Å². The van der Waals surface area contributed by atoms with E-state index < -0.39 is 39.3 Å². The number of carbonyl (C=O) groups is 1. The Balaban J connectivity index is 3.32. The van der Waals surface area contributed by atoms with Gasteiger partial charge in [-0.15, -0.1) is 0 Å². The molecule has 0 saturated heterocycles. The molecule has 0 bridgehead atoms. The van der Waals surface area contributed by atoms with Gasteiger partial charge in [-0.25, -0.2) is 12.8 Å². The van der Waals surface area contributed by atoms with Crippen molar-refractivity contribution >= 4 is 27.6 Å². The second-order valence-electron chi connectivity index (χ2n) is 4.28. The zero-order valence-corrected chi connectivity index (χ0v) is 12.6. The van der Waals surface area contributed by atoms with Crippen molar-refractivity contribution in [2.45, 2.75) is 31.2 Å². The second-order valence-corrected chi connectivity index (χ2v) is 6.57. The number of sulfonamides is 1. The SMILES string of the molecule is CCC(C)N(CC(=O)O)S(=O)(=O)c1ccc(Cl)cc1F. The Morgan fingerprint density at radius 1 is 1.50 bits per heavy atom. The fraction of sp³-hybridized carbons (Fsp3) is 0.417. The minimum atomic E-state index is -4.24. The molecule has 0 radical (unpaired) electrons. The smallest absolute Gasteiger partial charge is 0.318 e. The first-order valence-electron chi connectivity index (χ1n) is 5.88. The average Bonchev–Trinajstić information content (AvgIpc) is 2.34. The maximum Gasteiger partial charge on any atom is 0.318 e. The number of aliphatic carboxylic acids is 1. The maximum atomic E-state index is 13.8. The number of hydrogen-bond acceptors (Lipinski definition) is 3. The number of halogens is 2. The summed E-state index contributed by atoms with van der Waals surface area (Å²) in [6, 6.07) is 2.59. The molecule has 1 aromatic carbocycles. The van der Waals surface area contributed by atoms with Crippen molar-refractivity contribution < 1.29 is 22.7 Å². The van der Waals surface area contributed by atoms with Crippen LogP contribution in [0.3, 0.4) is 0 Å².